The van der Waals surface area contributed by atoms with E-state index in [0.29, 0.717) is 6.54 Å². The number of imidazole rings is 1. The Hall–Kier alpha value is -2.50. The first kappa shape index (κ1) is 18.8. The molecule has 150 valence electrons. The molecule has 1 saturated heterocycles. The summed E-state index contributed by atoms with van der Waals surface area (Å²) in [6.45, 7) is 2.39. The third kappa shape index (κ3) is 4.32. The Labute approximate surface area is 166 Å². The van der Waals surface area contributed by atoms with E-state index in [0.717, 1.165) is 55.1 Å². The van der Waals surface area contributed by atoms with E-state index in [1.54, 1.807) is 7.11 Å². The molecule has 0 saturated carbocycles. The first-order chi connectivity index (χ1) is 13.7. The number of methoxy groups -OCH3 is 1. The molecule has 1 aliphatic carbocycles. The molecule has 4 rings (SSSR count). The summed E-state index contributed by atoms with van der Waals surface area (Å²) in [4.78, 5) is 23.0. The first-order valence-electron chi connectivity index (χ1n) is 10.5. The topological polar surface area (TPSA) is 70.2 Å². The fourth-order valence-corrected chi connectivity index (χ4v) is 4.26. The van der Waals surface area contributed by atoms with Gasteiger partial charge in [0.2, 0.25) is 11.9 Å². The Morgan fingerprint density at radius 2 is 2.29 bits per heavy atom. The van der Waals surface area contributed by atoms with Gasteiger partial charge < -0.3 is 19.9 Å². The number of aromatic nitrogens is 2. The summed E-state index contributed by atoms with van der Waals surface area (Å²) in [6, 6.07) is 5.84. The third-order valence-electron chi connectivity index (χ3n) is 5.90. The van der Waals surface area contributed by atoms with Crippen LogP contribution in [-0.2, 0) is 4.79 Å². The molecule has 1 fully saturated rings. The highest BCUT2D eigenvalue weighted by atomic mass is 16.5. The van der Waals surface area contributed by atoms with Crippen molar-refractivity contribution in [3.63, 3.8) is 0 Å². The number of piperidine rings is 1. The number of aromatic amines is 1. The molecule has 2 aliphatic rings. The maximum atomic E-state index is 12.7. The number of nitrogens with one attached hydrogen (secondary N) is 2. The number of hydrogen-bond donors (Lipinski definition) is 2. The van der Waals surface area contributed by atoms with Crippen LogP contribution in [0.1, 0.15) is 44.9 Å². The van der Waals surface area contributed by atoms with Gasteiger partial charge in [-0.25, -0.2) is 4.98 Å². The quantitative estimate of drug-likeness (QED) is 0.746. The summed E-state index contributed by atoms with van der Waals surface area (Å²) >= 11 is 0. The standard InChI is InChI=1S/C22H30N4O2/c1-28-18-9-10-19-20(14-18)25-22(24-19)26-13-5-8-17(15-26)21(27)23-12-11-16-6-3-2-4-7-16/h6,9-10,14,17H,2-5,7-8,11-13,15H2,1H3,(H,23,27)(H,24,25). The van der Waals surface area contributed by atoms with E-state index in [9.17, 15) is 4.79 Å². The lowest BCUT2D eigenvalue weighted by molar-refractivity contribution is -0.125. The largest absolute Gasteiger partial charge is 0.497 e. The minimum atomic E-state index is 0.0248. The predicted molar refractivity (Wildman–Crippen MR) is 112 cm³/mol. The molecule has 2 N–H and O–H groups in total. The van der Waals surface area contributed by atoms with Crippen molar-refractivity contribution in [3.05, 3.63) is 29.8 Å². The minimum absolute atomic E-state index is 0.0248. The zero-order valence-corrected chi connectivity index (χ0v) is 16.7. The average molecular weight is 383 g/mol. The molecule has 1 unspecified atom stereocenters. The number of carbonyl (C=O) groups excluding carboxylic acids is 1. The Morgan fingerprint density at radius 1 is 1.36 bits per heavy atom. The molecule has 6 heteroatoms. The van der Waals surface area contributed by atoms with E-state index >= 15 is 0 Å². The van der Waals surface area contributed by atoms with Gasteiger partial charge in [0.1, 0.15) is 5.75 Å². The van der Waals surface area contributed by atoms with Crippen LogP contribution in [0.4, 0.5) is 5.95 Å². The lowest BCUT2D eigenvalue weighted by atomic mass is 9.96. The zero-order chi connectivity index (χ0) is 19.3. The molecule has 2 aromatic rings. The van der Waals surface area contributed by atoms with Crippen LogP contribution in [-0.4, -0.2) is 42.6 Å². The normalized spacial score (nSPS) is 20.1. The van der Waals surface area contributed by atoms with E-state index < -0.39 is 0 Å². The van der Waals surface area contributed by atoms with Gasteiger partial charge in [-0.15, -0.1) is 0 Å². The van der Waals surface area contributed by atoms with Gasteiger partial charge in [-0.1, -0.05) is 11.6 Å². The van der Waals surface area contributed by atoms with E-state index in [1.807, 2.05) is 18.2 Å². The van der Waals surface area contributed by atoms with Crippen LogP contribution in [0.25, 0.3) is 11.0 Å². The van der Waals surface area contributed by atoms with Crippen LogP contribution in [0.3, 0.4) is 0 Å². The van der Waals surface area contributed by atoms with Crippen LogP contribution in [0.2, 0.25) is 0 Å². The van der Waals surface area contributed by atoms with Crippen LogP contribution >= 0.6 is 0 Å². The molecule has 1 atom stereocenters. The van der Waals surface area contributed by atoms with Gasteiger partial charge in [0.25, 0.3) is 0 Å². The molecule has 28 heavy (non-hydrogen) atoms. The van der Waals surface area contributed by atoms with Gasteiger partial charge in [-0.3, -0.25) is 4.79 Å². The Morgan fingerprint density at radius 3 is 3.11 bits per heavy atom. The highest BCUT2D eigenvalue weighted by Crippen LogP contribution is 2.26. The van der Waals surface area contributed by atoms with Crippen molar-refractivity contribution in [2.24, 2.45) is 5.92 Å². The molecule has 0 bridgehead atoms. The van der Waals surface area contributed by atoms with Crippen molar-refractivity contribution < 1.29 is 9.53 Å². The second-order valence-electron chi connectivity index (χ2n) is 7.88. The number of fused-ring (bicyclic) bond motifs is 1. The van der Waals surface area contributed by atoms with E-state index in [4.69, 9.17) is 9.72 Å². The van der Waals surface area contributed by atoms with Gasteiger partial charge in [-0.05, 0) is 57.1 Å². The van der Waals surface area contributed by atoms with Crippen molar-refractivity contribution in [1.29, 1.82) is 0 Å². The molecular formula is C22H30N4O2. The summed E-state index contributed by atoms with van der Waals surface area (Å²) in [6.07, 6.45) is 10.3. The lowest BCUT2D eigenvalue weighted by Gasteiger charge is -2.31. The summed E-state index contributed by atoms with van der Waals surface area (Å²) in [5, 5.41) is 3.16. The summed E-state index contributed by atoms with van der Waals surface area (Å²) in [5.74, 6) is 1.86. The molecule has 1 aliphatic heterocycles. The highest BCUT2D eigenvalue weighted by molar-refractivity contribution is 5.81. The second kappa shape index (κ2) is 8.67. The van der Waals surface area contributed by atoms with Gasteiger partial charge in [0, 0.05) is 25.7 Å². The van der Waals surface area contributed by atoms with E-state index in [1.165, 1.54) is 31.3 Å². The number of ether oxygens (including phenoxy) is 1. The van der Waals surface area contributed by atoms with Gasteiger partial charge >= 0.3 is 0 Å². The number of rotatable bonds is 6. The van der Waals surface area contributed by atoms with Crippen molar-refractivity contribution >= 4 is 22.9 Å². The molecular weight excluding hydrogens is 352 g/mol. The predicted octanol–water partition coefficient (Wildman–Crippen LogP) is 3.79. The number of anilines is 1. The van der Waals surface area contributed by atoms with Crippen LogP contribution in [0.5, 0.6) is 5.75 Å². The van der Waals surface area contributed by atoms with Gasteiger partial charge in [0.15, 0.2) is 0 Å². The SMILES string of the molecule is COc1ccc2nc(N3CCCC(C(=O)NCCC4=CCCCC4)C3)[nH]c2c1. The van der Waals surface area contributed by atoms with Crippen LogP contribution in [0.15, 0.2) is 29.8 Å². The van der Waals surface area contributed by atoms with Crippen LogP contribution in [0, 0.1) is 5.92 Å². The smallest absolute Gasteiger partial charge is 0.224 e. The summed E-state index contributed by atoms with van der Waals surface area (Å²) < 4.78 is 5.29. The van der Waals surface area contributed by atoms with Gasteiger partial charge in [-0.2, -0.15) is 0 Å². The number of nitrogens with zero attached hydrogens (tertiary/aromatic N) is 2. The van der Waals surface area contributed by atoms with Crippen molar-refractivity contribution in [2.45, 2.75) is 44.9 Å². The van der Waals surface area contributed by atoms with E-state index in [-0.39, 0.29) is 11.8 Å². The molecule has 0 radical (unpaired) electrons. The first-order valence-corrected chi connectivity index (χ1v) is 10.5. The average Bonchev–Trinajstić information content (AvgIpc) is 3.18. The van der Waals surface area contributed by atoms with E-state index in [2.05, 4.69) is 21.3 Å². The number of hydrogen-bond acceptors (Lipinski definition) is 4. The summed E-state index contributed by atoms with van der Waals surface area (Å²) in [7, 11) is 1.66. The number of H-pyrrole nitrogens is 1. The fourth-order valence-electron chi connectivity index (χ4n) is 4.26. The van der Waals surface area contributed by atoms with Crippen LogP contribution < -0.4 is 15.0 Å². The fraction of sp³-hybridized carbons (Fsp3) is 0.545. The molecule has 0 spiro atoms. The Bertz CT molecular complexity index is 857. The van der Waals surface area contributed by atoms with Crippen molar-refractivity contribution in [1.82, 2.24) is 15.3 Å². The highest BCUT2D eigenvalue weighted by Gasteiger charge is 2.27. The number of benzene rings is 1. The maximum Gasteiger partial charge on any atom is 0.224 e. The molecule has 1 amide bonds. The monoisotopic (exact) mass is 382 g/mol. The number of carbonyl (C=O) groups is 1. The zero-order valence-electron chi connectivity index (χ0n) is 16.7. The van der Waals surface area contributed by atoms with Gasteiger partial charge in [0.05, 0.1) is 24.1 Å². The maximum absolute atomic E-state index is 12.7. The van der Waals surface area contributed by atoms with Crippen molar-refractivity contribution in [2.75, 3.05) is 31.6 Å². The number of amides is 1. The Balaban J connectivity index is 1.34. The van der Waals surface area contributed by atoms with Crippen molar-refractivity contribution in [3.8, 4) is 5.75 Å². The molecule has 6 nitrogen and oxygen atoms in total. The number of allylic oxidation sites excluding steroid dienone is 1. The lowest BCUT2D eigenvalue weighted by Crippen LogP contribution is -2.43. The summed E-state index contributed by atoms with van der Waals surface area (Å²) in [5.41, 5.74) is 3.39. The minimum Gasteiger partial charge on any atom is -0.497 e. The third-order valence-corrected chi connectivity index (χ3v) is 5.90. The Kier molecular flexibility index (Phi) is 5.84. The second-order valence-corrected chi connectivity index (χ2v) is 7.88. The molecule has 1 aromatic carbocycles. The molecule has 2 heterocycles. The molecule has 1 aromatic heterocycles.